The third-order valence-electron chi connectivity index (χ3n) is 10.2. The zero-order chi connectivity index (χ0) is 37.9. The molecule has 0 amide bonds. The molecule has 0 spiro atoms. The average Bonchev–Trinajstić information content (AvgIpc) is 3.19. The lowest BCUT2D eigenvalue weighted by atomic mass is 9.90. The first-order chi connectivity index (χ1) is 26.8. The van der Waals surface area contributed by atoms with Gasteiger partial charge in [0.2, 0.25) is 0 Å². The van der Waals surface area contributed by atoms with E-state index in [1.165, 1.54) is 0 Å². The molecular formula is C45H44N8O2. The lowest BCUT2D eigenvalue weighted by Gasteiger charge is -2.23. The van der Waals surface area contributed by atoms with Crippen LogP contribution >= 0.6 is 0 Å². The first kappa shape index (κ1) is 36.2. The molecular weight excluding hydrogens is 685 g/mol. The highest BCUT2D eigenvalue weighted by Crippen LogP contribution is 2.28. The van der Waals surface area contributed by atoms with Crippen molar-refractivity contribution in [3.8, 4) is 34.2 Å². The van der Waals surface area contributed by atoms with Gasteiger partial charge in [0.05, 0.1) is 51.2 Å². The first-order valence-corrected chi connectivity index (χ1v) is 19.1. The Hall–Kier alpha value is -5.84. The molecule has 9 heterocycles. The van der Waals surface area contributed by atoms with Crippen LogP contribution in [0.5, 0.6) is 0 Å². The molecule has 55 heavy (non-hydrogen) atoms. The van der Waals surface area contributed by atoms with Crippen molar-refractivity contribution in [1.82, 2.24) is 34.8 Å². The number of pyridine rings is 6. The summed E-state index contributed by atoms with van der Waals surface area (Å²) in [5.74, 6) is -0.176. The number of hydrogen-bond acceptors (Lipinski definition) is 10. The summed E-state index contributed by atoms with van der Waals surface area (Å²) in [4.78, 5) is 60.5. The molecule has 3 aliphatic heterocycles. The number of hydrogen-bond donors (Lipinski definition) is 1. The molecule has 0 unspecified atom stereocenters. The van der Waals surface area contributed by atoms with Crippen LogP contribution in [0, 0.1) is 11.8 Å². The molecule has 6 aromatic heterocycles. The first-order valence-electron chi connectivity index (χ1n) is 19.1. The van der Waals surface area contributed by atoms with Gasteiger partial charge in [-0.1, -0.05) is 38.1 Å². The fourth-order valence-corrected chi connectivity index (χ4v) is 7.52. The number of nitrogens with zero attached hydrogens (tertiary/aromatic N) is 7. The number of aromatic nitrogens is 6. The quantitative estimate of drug-likeness (QED) is 0.174. The number of ketones is 2. The van der Waals surface area contributed by atoms with Crippen molar-refractivity contribution in [2.24, 2.45) is 17.6 Å². The van der Waals surface area contributed by atoms with E-state index in [1.807, 2.05) is 98.8 Å². The van der Waals surface area contributed by atoms with Crippen molar-refractivity contribution in [2.45, 2.75) is 65.6 Å². The molecule has 0 aliphatic carbocycles. The van der Waals surface area contributed by atoms with Gasteiger partial charge in [-0.05, 0) is 111 Å². The number of carbonyl (C=O) groups excluding carboxylic acids is 2. The van der Waals surface area contributed by atoms with Gasteiger partial charge in [0.15, 0.2) is 11.6 Å². The van der Waals surface area contributed by atoms with Gasteiger partial charge in [-0.3, -0.25) is 29.4 Å². The predicted octanol–water partition coefficient (Wildman–Crippen LogP) is 7.29. The van der Waals surface area contributed by atoms with E-state index in [4.69, 9.17) is 35.6 Å². The lowest BCUT2D eigenvalue weighted by Crippen LogP contribution is -2.24. The number of carbonyl (C=O) groups is 2. The van der Waals surface area contributed by atoms with E-state index in [0.29, 0.717) is 86.5 Å². The molecule has 9 rings (SSSR count). The maximum absolute atomic E-state index is 13.7. The summed E-state index contributed by atoms with van der Waals surface area (Å²) in [7, 11) is 0. The molecule has 2 N–H and O–H groups in total. The van der Waals surface area contributed by atoms with Gasteiger partial charge < -0.3 is 5.73 Å². The van der Waals surface area contributed by atoms with E-state index >= 15 is 0 Å². The molecule has 3 aliphatic rings. The SMILES string of the molecule is CC(C)C(=O)c1cc2nc(c1)-c1cc(C(=O)CCCN)cc(n1)CN1Cc3cccc(n3)-c3cccc(n3)CC(Cc3cccc(n3)-c3cccc(n3)C1)C2. The normalized spacial score (nSPS) is 16.4. The molecule has 276 valence electrons. The third kappa shape index (κ3) is 8.46. The molecule has 0 atom stereocenters. The zero-order valence-corrected chi connectivity index (χ0v) is 31.3. The number of rotatable bonds is 6. The Labute approximate surface area is 321 Å². The molecule has 14 bridgehead atoms. The Kier molecular flexibility index (Phi) is 10.4. The molecule has 0 aromatic carbocycles. The Morgan fingerprint density at radius 3 is 1.56 bits per heavy atom. The van der Waals surface area contributed by atoms with Gasteiger partial charge >= 0.3 is 0 Å². The summed E-state index contributed by atoms with van der Waals surface area (Å²) in [6.07, 6.45) is 2.76. The van der Waals surface area contributed by atoms with E-state index in [-0.39, 0.29) is 23.4 Å². The second-order valence-corrected chi connectivity index (χ2v) is 15.0. The van der Waals surface area contributed by atoms with Crippen molar-refractivity contribution < 1.29 is 9.59 Å². The van der Waals surface area contributed by atoms with Crippen molar-refractivity contribution >= 4 is 11.6 Å². The van der Waals surface area contributed by atoms with Gasteiger partial charge in [-0.2, -0.15) is 0 Å². The molecule has 0 saturated carbocycles. The molecule has 0 fully saturated rings. The van der Waals surface area contributed by atoms with Gasteiger partial charge in [-0.25, -0.2) is 15.0 Å². The van der Waals surface area contributed by atoms with Gasteiger partial charge in [-0.15, -0.1) is 0 Å². The molecule has 10 heteroatoms. The number of Topliss-reactive ketones (excluding diaryl/α,β-unsaturated/α-hetero) is 2. The van der Waals surface area contributed by atoms with Crippen LogP contribution in [0.4, 0.5) is 0 Å². The second kappa shape index (κ2) is 15.9. The van der Waals surface area contributed by atoms with Crippen LogP contribution in [0.2, 0.25) is 0 Å². The van der Waals surface area contributed by atoms with Crippen LogP contribution in [0.15, 0.2) is 97.1 Å². The smallest absolute Gasteiger partial charge is 0.165 e. The van der Waals surface area contributed by atoms with Crippen LogP contribution in [-0.4, -0.2) is 52.9 Å². The summed E-state index contributed by atoms with van der Waals surface area (Å²) in [5.41, 5.74) is 16.4. The topological polar surface area (TPSA) is 141 Å². The van der Waals surface area contributed by atoms with E-state index in [9.17, 15) is 9.59 Å². The highest BCUT2D eigenvalue weighted by atomic mass is 16.1. The average molecular weight is 729 g/mol. The van der Waals surface area contributed by atoms with Gasteiger partial charge in [0, 0.05) is 60.2 Å². The van der Waals surface area contributed by atoms with Crippen LogP contribution < -0.4 is 5.73 Å². The largest absolute Gasteiger partial charge is 0.330 e. The van der Waals surface area contributed by atoms with Gasteiger partial charge in [0.1, 0.15) is 0 Å². The molecule has 0 saturated heterocycles. The number of nitrogens with two attached hydrogens (primary N) is 1. The van der Waals surface area contributed by atoms with Crippen LogP contribution in [0.1, 0.15) is 81.6 Å². The highest BCUT2D eigenvalue weighted by molar-refractivity contribution is 5.99. The Balaban J connectivity index is 1.38. The minimum Gasteiger partial charge on any atom is -0.330 e. The standard InChI is InChI=1S/C45H44N8O2/c1-28(2)45(55)31-22-36-20-29-18-32-8-3-12-38(47-32)40-14-5-10-34(49-40)25-53(26-35-11-6-15-41(50-35)39-13-4-9-33(19-29)48-39)27-37-21-30(44(54)16-7-17-46)23-42(52-37)43(24-31)51-36/h3-6,8-15,21-24,28-29H,7,16-20,25-27,46H2,1-2H3. The maximum atomic E-state index is 13.7. The minimum atomic E-state index is -0.216. The minimum absolute atomic E-state index is 0.00749. The van der Waals surface area contributed by atoms with E-state index in [2.05, 4.69) is 17.0 Å². The summed E-state index contributed by atoms with van der Waals surface area (Å²) in [6, 6.07) is 31.8. The van der Waals surface area contributed by atoms with Crippen molar-refractivity contribution in [3.63, 3.8) is 0 Å². The molecule has 10 nitrogen and oxygen atoms in total. The Bertz CT molecular complexity index is 2300. The Morgan fingerprint density at radius 1 is 0.582 bits per heavy atom. The lowest BCUT2D eigenvalue weighted by molar-refractivity contribution is 0.0937. The molecule has 0 radical (unpaired) electrons. The summed E-state index contributed by atoms with van der Waals surface area (Å²) in [6.45, 7) is 5.60. The van der Waals surface area contributed by atoms with Crippen molar-refractivity contribution in [1.29, 1.82) is 0 Å². The zero-order valence-electron chi connectivity index (χ0n) is 31.3. The fourth-order valence-electron chi connectivity index (χ4n) is 7.52. The van der Waals surface area contributed by atoms with Crippen molar-refractivity contribution in [3.05, 3.63) is 142 Å². The monoisotopic (exact) mass is 728 g/mol. The maximum Gasteiger partial charge on any atom is 0.165 e. The van der Waals surface area contributed by atoms with E-state index in [1.54, 1.807) is 0 Å². The summed E-state index contributed by atoms with van der Waals surface area (Å²) >= 11 is 0. The summed E-state index contributed by atoms with van der Waals surface area (Å²) < 4.78 is 0. The van der Waals surface area contributed by atoms with Crippen LogP contribution in [0.25, 0.3) is 34.2 Å². The Morgan fingerprint density at radius 2 is 1.02 bits per heavy atom. The fraction of sp³-hybridized carbons (Fsp3) is 0.289. The van der Waals surface area contributed by atoms with E-state index in [0.717, 1.165) is 51.2 Å². The third-order valence-corrected chi connectivity index (χ3v) is 10.2. The van der Waals surface area contributed by atoms with Crippen LogP contribution in [-0.2, 0) is 38.9 Å². The summed E-state index contributed by atoms with van der Waals surface area (Å²) in [5, 5.41) is 0. The van der Waals surface area contributed by atoms with E-state index < -0.39 is 0 Å². The predicted molar refractivity (Wildman–Crippen MR) is 212 cm³/mol. The second-order valence-electron chi connectivity index (χ2n) is 15.0. The highest BCUT2D eigenvalue weighted by Gasteiger charge is 2.23. The molecule has 6 aromatic rings. The van der Waals surface area contributed by atoms with Gasteiger partial charge in [0.25, 0.3) is 0 Å². The van der Waals surface area contributed by atoms with Crippen LogP contribution in [0.3, 0.4) is 0 Å². The van der Waals surface area contributed by atoms with Crippen molar-refractivity contribution in [2.75, 3.05) is 6.54 Å².